The molecule has 2 aliphatic rings. The zero-order valence-electron chi connectivity index (χ0n) is 14.4. The van der Waals surface area contributed by atoms with Gasteiger partial charge in [0.05, 0.1) is 12.1 Å². The predicted octanol–water partition coefficient (Wildman–Crippen LogP) is 1.37. The van der Waals surface area contributed by atoms with Gasteiger partial charge in [0.1, 0.15) is 0 Å². The smallest absolute Gasteiger partial charge is 0.242 e. The van der Waals surface area contributed by atoms with Gasteiger partial charge in [-0.1, -0.05) is 0 Å². The Morgan fingerprint density at radius 3 is 3.12 bits per heavy atom. The summed E-state index contributed by atoms with van der Waals surface area (Å²) in [5.41, 5.74) is 1.15. The molecule has 1 unspecified atom stereocenters. The van der Waals surface area contributed by atoms with E-state index in [0.29, 0.717) is 12.5 Å². The zero-order valence-corrected chi connectivity index (χ0v) is 15.2. The van der Waals surface area contributed by atoms with Crippen molar-refractivity contribution in [2.45, 2.75) is 38.3 Å². The standard InChI is InChI=1S/C17H26N4O2S/c1-17(6-3-8-23-17)12-20-16(18-2)19-10-15(22)21-7-4-14-13(11-21)5-9-24-14/h5,9H,3-4,6-8,10-12H2,1-2H3,(H2,18,19,20). The second-order valence-corrected chi connectivity index (χ2v) is 7.62. The Hall–Kier alpha value is -1.60. The largest absolute Gasteiger partial charge is 0.373 e. The van der Waals surface area contributed by atoms with Gasteiger partial charge in [-0.25, -0.2) is 0 Å². The minimum atomic E-state index is -0.135. The van der Waals surface area contributed by atoms with Crippen LogP contribution in [0.15, 0.2) is 16.4 Å². The number of carbonyl (C=O) groups excluding carboxylic acids is 1. The fourth-order valence-corrected chi connectivity index (χ4v) is 4.09. The summed E-state index contributed by atoms with van der Waals surface area (Å²) >= 11 is 1.78. The first-order valence-corrected chi connectivity index (χ1v) is 9.39. The number of nitrogens with one attached hydrogen (secondary N) is 2. The molecule has 132 valence electrons. The second kappa shape index (κ2) is 7.53. The minimum Gasteiger partial charge on any atom is -0.373 e. The van der Waals surface area contributed by atoms with Crippen molar-refractivity contribution >= 4 is 23.2 Å². The van der Waals surface area contributed by atoms with Crippen molar-refractivity contribution in [3.05, 3.63) is 21.9 Å². The van der Waals surface area contributed by atoms with Gasteiger partial charge < -0.3 is 20.3 Å². The van der Waals surface area contributed by atoms with Crippen LogP contribution in [0.3, 0.4) is 0 Å². The second-order valence-electron chi connectivity index (χ2n) is 6.62. The van der Waals surface area contributed by atoms with Crippen LogP contribution >= 0.6 is 11.3 Å². The monoisotopic (exact) mass is 350 g/mol. The van der Waals surface area contributed by atoms with Crippen molar-refractivity contribution in [3.8, 4) is 0 Å². The Balaban J connectivity index is 1.44. The van der Waals surface area contributed by atoms with E-state index in [0.717, 1.165) is 39.0 Å². The predicted molar refractivity (Wildman–Crippen MR) is 96.4 cm³/mol. The van der Waals surface area contributed by atoms with Gasteiger partial charge >= 0.3 is 0 Å². The molecule has 3 heterocycles. The van der Waals surface area contributed by atoms with Crippen LogP contribution in [0.2, 0.25) is 0 Å². The Kier molecular flexibility index (Phi) is 5.40. The van der Waals surface area contributed by atoms with Crippen LogP contribution in [0, 0.1) is 0 Å². The van der Waals surface area contributed by atoms with Crippen molar-refractivity contribution in [2.75, 3.05) is 33.3 Å². The number of ether oxygens (including phenoxy) is 1. The van der Waals surface area contributed by atoms with E-state index in [2.05, 4.69) is 34.0 Å². The highest BCUT2D eigenvalue weighted by Gasteiger charge is 2.29. The first kappa shape index (κ1) is 17.2. The lowest BCUT2D eigenvalue weighted by atomic mass is 10.0. The Bertz CT molecular complexity index is 607. The van der Waals surface area contributed by atoms with Crippen molar-refractivity contribution < 1.29 is 9.53 Å². The van der Waals surface area contributed by atoms with Gasteiger partial charge in [0.15, 0.2) is 5.96 Å². The highest BCUT2D eigenvalue weighted by Crippen LogP contribution is 2.24. The molecule has 1 fully saturated rings. The summed E-state index contributed by atoms with van der Waals surface area (Å²) in [6.07, 6.45) is 3.11. The highest BCUT2D eigenvalue weighted by atomic mass is 32.1. The molecule has 1 saturated heterocycles. The summed E-state index contributed by atoms with van der Waals surface area (Å²) in [4.78, 5) is 20.0. The quantitative estimate of drug-likeness (QED) is 0.636. The summed E-state index contributed by atoms with van der Waals surface area (Å²) in [7, 11) is 1.72. The highest BCUT2D eigenvalue weighted by molar-refractivity contribution is 7.10. The van der Waals surface area contributed by atoms with Gasteiger partial charge in [-0.05, 0) is 43.2 Å². The van der Waals surface area contributed by atoms with E-state index in [9.17, 15) is 4.79 Å². The fourth-order valence-electron chi connectivity index (χ4n) is 3.20. The van der Waals surface area contributed by atoms with E-state index in [1.165, 1.54) is 10.4 Å². The summed E-state index contributed by atoms with van der Waals surface area (Å²) in [5, 5.41) is 8.49. The molecule has 6 nitrogen and oxygen atoms in total. The van der Waals surface area contributed by atoms with Gasteiger partial charge in [0.2, 0.25) is 5.91 Å². The van der Waals surface area contributed by atoms with E-state index in [1.54, 1.807) is 18.4 Å². The number of thiophene rings is 1. The molecule has 0 aliphatic carbocycles. The van der Waals surface area contributed by atoms with Crippen LogP contribution in [0.25, 0.3) is 0 Å². The Morgan fingerprint density at radius 2 is 2.38 bits per heavy atom. The first-order valence-electron chi connectivity index (χ1n) is 8.51. The average Bonchev–Trinajstić information content (AvgIpc) is 3.23. The van der Waals surface area contributed by atoms with E-state index in [-0.39, 0.29) is 18.1 Å². The number of carbonyl (C=O) groups is 1. The fraction of sp³-hybridized carbons (Fsp3) is 0.647. The summed E-state index contributed by atoms with van der Waals surface area (Å²) < 4.78 is 5.76. The molecule has 3 rings (SSSR count). The molecule has 0 aromatic carbocycles. The maximum Gasteiger partial charge on any atom is 0.242 e. The number of amides is 1. The van der Waals surface area contributed by atoms with Gasteiger partial charge in [-0.3, -0.25) is 9.79 Å². The number of fused-ring (bicyclic) bond motifs is 1. The van der Waals surface area contributed by atoms with Crippen molar-refractivity contribution in [2.24, 2.45) is 4.99 Å². The normalized spacial score (nSPS) is 23.9. The maximum absolute atomic E-state index is 12.4. The molecular formula is C17H26N4O2S. The molecule has 2 N–H and O–H groups in total. The third-order valence-electron chi connectivity index (χ3n) is 4.72. The lowest BCUT2D eigenvalue weighted by Crippen LogP contribution is -2.49. The molecule has 0 bridgehead atoms. The number of rotatable bonds is 4. The van der Waals surface area contributed by atoms with Crippen LogP contribution < -0.4 is 10.6 Å². The molecule has 1 amide bonds. The molecule has 1 atom stereocenters. The van der Waals surface area contributed by atoms with Gasteiger partial charge in [0, 0.05) is 38.2 Å². The topological polar surface area (TPSA) is 66.0 Å². The lowest BCUT2D eigenvalue weighted by molar-refractivity contribution is -0.130. The minimum absolute atomic E-state index is 0.109. The van der Waals surface area contributed by atoms with Crippen LogP contribution in [-0.2, 0) is 22.5 Å². The van der Waals surface area contributed by atoms with E-state index in [4.69, 9.17) is 4.74 Å². The van der Waals surface area contributed by atoms with Crippen molar-refractivity contribution in [1.82, 2.24) is 15.5 Å². The number of guanidine groups is 1. The SMILES string of the molecule is CN=C(NCC(=O)N1CCc2sccc2C1)NCC1(C)CCCO1. The van der Waals surface area contributed by atoms with Crippen LogP contribution in [0.5, 0.6) is 0 Å². The average molecular weight is 350 g/mol. The van der Waals surface area contributed by atoms with E-state index < -0.39 is 0 Å². The Morgan fingerprint density at radius 1 is 1.50 bits per heavy atom. The molecule has 0 saturated carbocycles. The molecular weight excluding hydrogens is 324 g/mol. The van der Waals surface area contributed by atoms with Crippen molar-refractivity contribution in [3.63, 3.8) is 0 Å². The number of aliphatic imine (C=N–C) groups is 1. The van der Waals surface area contributed by atoms with Crippen LogP contribution in [0.4, 0.5) is 0 Å². The van der Waals surface area contributed by atoms with E-state index in [1.807, 2.05) is 4.90 Å². The van der Waals surface area contributed by atoms with Crippen LogP contribution in [-0.4, -0.2) is 55.7 Å². The number of hydrogen-bond donors (Lipinski definition) is 2. The zero-order chi connectivity index (χ0) is 17.0. The molecule has 0 radical (unpaired) electrons. The first-order chi connectivity index (χ1) is 11.6. The van der Waals surface area contributed by atoms with Crippen LogP contribution in [0.1, 0.15) is 30.2 Å². The number of hydrogen-bond acceptors (Lipinski definition) is 4. The maximum atomic E-state index is 12.4. The summed E-state index contributed by atoms with van der Waals surface area (Å²) in [5.74, 6) is 0.756. The third-order valence-corrected chi connectivity index (χ3v) is 5.74. The molecule has 24 heavy (non-hydrogen) atoms. The number of nitrogens with zero attached hydrogens (tertiary/aromatic N) is 2. The summed E-state index contributed by atoms with van der Waals surface area (Å²) in [6.45, 7) is 5.41. The third kappa shape index (κ3) is 4.08. The van der Waals surface area contributed by atoms with Crippen molar-refractivity contribution in [1.29, 1.82) is 0 Å². The van der Waals surface area contributed by atoms with Gasteiger partial charge in [0.25, 0.3) is 0 Å². The Labute approximate surface area is 147 Å². The van der Waals surface area contributed by atoms with E-state index >= 15 is 0 Å². The molecule has 1 aromatic heterocycles. The lowest BCUT2D eigenvalue weighted by Gasteiger charge is -2.28. The summed E-state index contributed by atoms with van der Waals surface area (Å²) in [6, 6.07) is 2.12. The molecule has 2 aliphatic heterocycles. The molecule has 0 spiro atoms. The molecule has 7 heteroatoms. The van der Waals surface area contributed by atoms with Gasteiger partial charge in [-0.2, -0.15) is 0 Å². The molecule has 1 aromatic rings. The van der Waals surface area contributed by atoms with Gasteiger partial charge in [-0.15, -0.1) is 11.3 Å².